The van der Waals surface area contributed by atoms with Crippen LogP contribution >= 0.6 is 0 Å². The Morgan fingerprint density at radius 2 is 1.84 bits per heavy atom. The first-order chi connectivity index (χ1) is 8.64. The molecule has 0 unspecified atom stereocenters. The Morgan fingerprint density at radius 3 is 2.21 bits per heavy atom. The summed E-state index contributed by atoms with van der Waals surface area (Å²) in [5, 5.41) is 20.4. The van der Waals surface area contributed by atoms with E-state index in [0.717, 1.165) is 0 Å². The molecule has 1 fully saturated rings. The van der Waals surface area contributed by atoms with Gasteiger partial charge in [0.2, 0.25) is 0 Å². The summed E-state index contributed by atoms with van der Waals surface area (Å²) in [7, 11) is 3.00. The molecule has 0 bridgehead atoms. The van der Waals surface area contributed by atoms with Crippen molar-refractivity contribution < 1.29 is 19.7 Å². The Bertz CT molecular complexity index is 329. The minimum absolute atomic E-state index is 0.0605. The lowest BCUT2D eigenvalue weighted by molar-refractivity contribution is -0.0340. The third-order valence-corrected chi connectivity index (χ3v) is 4.80. The molecule has 1 saturated carbocycles. The summed E-state index contributed by atoms with van der Waals surface area (Å²) in [5.74, 6) is 0.193. The molecule has 2 N–H and O–H groups in total. The van der Waals surface area contributed by atoms with Gasteiger partial charge in [0.15, 0.2) is 0 Å². The molecule has 0 aromatic rings. The Balaban J connectivity index is 2.93. The number of carbonyl (C=O) groups is 1. The lowest BCUT2D eigenvalue weighted by atomic mass is 9.82. The van der Waals surface area contributed by atoms with E-state index in [4.69, 9.17) is 4.74 Å². The molecule has 4 atom stereocenters. The van der Waals surface area contributed by atoms with Crippen LogP contribution in [0.15, 0.2) is 0 Å². The Morgan fingerprint density at radius 1 is 1.32 bits per heavy atom. The Hall–Kier alpha value is -0.810. The monoisotopic (exact) mass is 273 g/mol. The molecule has 1 aliphatic rings. The van der Waals surface area contributed by atoms with Gasteiger partial charge in [-0.25, -0.2) is 4.79 Å². The lowest BCUT2D eigenvalue weighted by Crippen LogP contribution is -2.53. The number of methoxy groups -OCH3 is 1. The molecular formula is C14H27NO4. The molecular weight excluding hydrogens is 246 g/mol. The maximum Gasteiger partial charge on any atom is 0.409 e. The molecule has 0 heterocycles. The second-order valence-electron chi connectivity index (χ2n) is 6.41. The number of aliphatic hydroxyl groups is 2. The number of hydrogen-bond acceptors (Lipinski definition) is 4. The van der Waals surface area contributed by atoms with Crippen LogP contribution in [0.25, 0.3) is 0 Å². The number of aliphatic hydroxyl groups excluding tert-OH is 2. The highest BCUT2D eigenvalue weighted by Crippen LogP contribution is 2.43. The normalized spacial score (nSPS) is 31.6. The summed E-state index contributed by atoms with van der Waals surface area (Å²) < 4.78 is 4.74. The van der Waals surface area contributed by atoms with E-state index in [-0.39, 0.29) is 11.8 Å². The van der Waals surface area contributed by atoms with Crippen molar-refractivity contribution in [2.45, 2.75) is 51.9 Å². The maximum atomic E-state index is 11.7. The quantitative estimate of drug-likeness (QED) is 0.817. The van der Waals surface area contributed by atoms with Gasteiger partial charge in [0, 0.05) is 18.5 Å². The van der Waals surface area contributed by atoms with Crippen LogP contribution in [0.2, 0.25) is 0 Å². The molecule has 112 valence electrons. The van der Waals surface area contributed by atoms with Crippen molar-refractivity contribution in [1.29, 1.82) is 0 Å². The summed E-state index contributed by atoms with van der Waals surface area (Å²) >= 11 is 0. The molecule has 5 nitrogen and oxygen atoms in total. The first kappa shape index (κ1) is 16.2. The first-order valence-electron chi connectivity index (χ1n) is 6.82. The zero-order valence-corrected chi connectivity index (χ0v) is 12.8. The summed E-state index contributed by atoms with van der Waals surface area (Å²) in [6.07, 6.45) is -1.27. The minimum atomic E-state index is -0.811. The topological polar surface area (TPSA) is 70.0 Å². The smallest absolute Gasteiger partial charge is 0.409 e. The summed E-state index contributed by atoms with van der Waals surface area (Å²) in [5.41, 5.74) is -0.572. The number of hydrogen-bond donors (Lipinski definition) is 2. The first-order valence-corrected chi connectivity index (χ1v) is 6.82. The second-order valence-corrected chi connectivity index (χ2v) is 6.41. The molecule has 1 aliphatic carbocycles. The summed E-state index contributed by atoms with van der Waals surface area (Å²) in [4.78, 5) is 13.2. The maximum absolute atomic E-state index is 11.7. The molecule has 0 aliphatic heterocycles. The zero-order valence-electron chi connectivity index (χ0n) is 12.8. The second kappa shape index (κ2) is 5.67. The van der Waals surface area contributed by atoms with Crippen LogP contribution in [0.5, 0.6) is 0 Å². The van der Waals surface area contributed by atoms with Gasteiger partial charge in [-0.15, -0.1) is 0 Å². The van der Waals surface area contributed by atoms with E-state index in [2.05, 4.69) is 0 Å². The van der Waals surface area contributed by atoms with Gasteiger partial charge in [-0.3, -0.25) is 0 Å². The lowest BCUT2D eigenvalue weighted by Gasteiger charge is -2.41. The summed E-state index contributed by atoms with van der Waals surface area (Å²) in [6.45, 7) is 7.88. The van der Waals surface area contributed by atoms with Crippen molar-refractivity contribution in [2.75, 3.05) is 14.2 Å². The number of nitrogens with zero attached hydrogens (tertiary/aromatic N) is 1. The molecule has 0 aromatic carbocycles. The third kappa shape index (κ3) is 2.87. The van der Waals surface area contributed by atoms with Crippen LogP contribution in [-0.4, -0.2) is 53.1 Å². The highest BCUT2D eigenvalue weighted by atomic mass is 16.5. The van der Waals surface area contributed by atoms with Crippen LogP contribution in [0.3, 0.4) is 0 Å². The third-order valence-electron chi connectivity index (χ3n) is 4.80. The molecule has 1 amide bonds. The average Bonchev–Trinajstić information content (AvgIpc) is 2.65. The van der Waals surface area contributed by atoms with Gasteiger partial charge in [0.05, 0.1) is 19.3 Å². The van der Waals surface area contributed by atoms with Crippen LogP contribution in [0, 0.1) is 17.8 Å². The van der Waals surface area contributed by atoms with Gasteiger partial charge in [-0.2, -0.15) is 0 Å². The number of amides is 1. The van der Waals surface area contributed by atoms with Gasteiger partial charge >= 0.3 is 6.09 Å². The number of rotatable bonds is 3. The van der Waals surface area contributed by atoms with Crippen LogP contribution in [0.4, 0.5) is 4.79 Å². The molecule has 0 spiro atoms. The predicted octanol–water partition coefficient (Wildman–Crippen LogP) is 1.48. The highest BCUT2D eigenvalue weighted by molar-refractivity contribution is 5.68. The number of ether oxygens (including phenoxy) is 1. The Kier molecular flexibility index (Phi) is 4.85. The SMILES string of the molecule is COC(=O)N(C)C(C)(C)[C@H]1C[C@@H](C(C)C)[C@H](O)[C@@H]1O. The standard InChI is InChI=1S/C14H27NO4/c1-8(2)9-7-10(12(17)11(9)16)14(3,4)15(5)13(18)19-6/h8-12,16-17H,7H2,1-6H3/t9-,10-,11-,12+/m0/s1. The van der Waals surface area contributed by atoms with Gasteiger partial charge in [-0.1, -0.05) is 13.8 Å². The van der Waals surface area contributed by atoms with E-state index in [0.29, 0.717) is 12.3 Å². The van der Waals surface area contributed by atoms with E-state index in [1.807, 2.05) is 27.7 Å². The van der Waals surface area contributed by atoms with Crippen LogP contribution in [-0.2, 0) is 4.74 Å². The molecule has 0 radical (unpaired) electrons. The fraction of sp³-hybridized carbons (Fsp3) is 0.929. The Labute approximate surface area is 115 Å². The van der Waals surface area contributed by atoms with E-state index in [1.54, 1.807) is 7.05 Å². The number of carbonyl (C=O) groups excluding carboxylic acids is 1. The van der Waals surface area contributed by atoms with E-state index in [1.165, 1.54) is 12.0 Å². The van der Waals surface area contributed by atoms with E-state index in [9.17, 15) is 15.0 Å². The zero-order chi connectivity index (χ0) is 15.0. The van der Waals surface area contributed by atoms with E-state index < -0.39 is 23.8 Å². The predicted molar refractivity (Wildman–Crippen MR) is 72.7 cm³/mol. The van der Waals surface area contributed by atoms with Gasteiger partial charge in [0.1, 0.15) is 0 Å². The molecule has 1 rings (SSSR count). The largest absolute Gasteiger partial charge is 0.453 e. The molecule has 5 heteroatoms. The minimum Gasteiger partial charge on any atom is -0.453 e. The van der Waals surface area contributed by atoms with Crippen molar-refractivity contribution in [3.8, 4) is 0 Å². The van der Waals surface area contributed by atoms with Gasteiger partial charge in [-0.05, 0) is 32.1 Å². The molecule has 19 heavy (non-hydrogen) atoms. The van der Waals surface area contributed by atoms with Crippen molar-refractivity contribution in [3.05, 3.63) is 0 Å². The fourth-order valence-corrected chi connectivity index (χ4v) is 3.06. The van der Waals surface area contributed by atoms with Crippen LogP contribution < -0.4 is 0 Å². The molecule has 0 saturated heterocycles. The van der Waals surface area contributed by atoms with Crippen molar-refractivity contribution >= 4 is 6.09 Å². The fourth-order valence-electron chi connectivity index (χ4n) is 3.06. The van der Waals surface area contributed by atoms with Crippen molar-refractivity contribution in [2.24, 2.45) is 17.8 Å². The molecule has 0 aromatic heterocycles. The highest BCUT2D eigenvalue weighted by Gasteiger charge is 2.51. The average molecular weight is 273 g/mol. The van der Waals surface area contributed by atoms with E-state index >= 15 is 0 Å². The van der Waals surface area contributed by atoms with Gasteiger partial charge < -0.3 is 19.8 Å². The van der Waals surface area contributed by atoms with Crippen molar-refractivity contribution in [1.82, 2.24) is 4.90 Å². The summed E-state index contributed by atoms with van der Waals surface area (Å²) in [6, 6.07) is 0. The van der Waals surface area contributed by atoms with Crippen molar-refractivity contribution in [3.63, 3.8) is 0 Å². The van der Waals surface area contributed by atoms with Crippen LogP contribution in [0.1, 0.15) is 34.1 Å². The van der Waals surface area contributed by atoms with Gasteiger partial charge in [0.25, 0.3) is 0 Å².